The lowest BCUT2D eigenvalue weighted by molar-refractivity contribution is 0.321. The molecule has 23 heavy (non-hydrogen) atoms. The van der Waals surface area contributed by atoms with Crippen LogP contribution in [0.3, 0.4) is 0 Å². The van der Waals surface area contributed by atoms with Crippen molar-refractivity contribution in [1.82, 2.24) is 4.98 Å². The molecule has 0 fully saturated rings. The first-order valence-corrected chi connectivity index (χ1v) is 7.52. The van der Waals surface area contributed by atoms with Gasteiger partial charge >= 0.3 is 0 Å². The van der Waals surface area contributed by atoms with Gasteiger partial charge in [-0.25, -0.2) is 0 Å². The molecule has 5 nitrogen and oxygen atoms in total. The number of hydrogen-bond acceptors (Lipinski definition) is 5. The Morgan fingerprint density at radius 3 is 2.65 bits per heavy atom. The van der Waals surface area contributed by atoms with E-state index in [0.717, 1.165) is 30.4 Å². The zero-order valence-electron chi connectivity index (χ0n) is 12.5. The summed E-state index contributed by atoms with van der Waals surface area (Å²) < 4.78 is 0. The average molecular weight is 301 g/mol. The van der Waals surface area contributed by atoms with Gasteiger partial charge in [0, 0.05) is 18.3 Å². The van der Waals surface area contributed by atoms with Crippen molar-refractivity contribution in [3.05, 3.63) is 53.0 Å². The Hall–Kier alpha value is -3.10. The Balaban J connectivity index is 2.34. The van der Waals surface area contributed by atoms with E-state index >= 15 is 0 Å². The first-order valence-electron chi connectivity index (χ1n) is 7.52. The second kappa shape index (κ2) is 5.59. The van der Waals surface area contributed by atoms with Crippen molar-refractivity contribution in [1.29, 1.82) is 15.8 Å². The molecule has 1 aromatic heterocycles. The normalized spacial score (nSPS) is 25.3. The monoisotopic (exact) mass is 301 g/mol. The fraction of sp³-hybridized carbons (Fsp3) is 0.333. The zero-order valence-corrected chi connectivity index (χ0v) is 12.5. The summed E-state index contributed by atoms with van der Waals surface area (Å²) in [6, 6.07) is 9.89. The summed E-state index contributed by atoms with van der Waals surface area (Å²) in [6.45, 7) is 0. The molecule has 0 spiro atoms. The number of aromatic nitrogens is 1. The third-order valence-electron chi connectivity index (χ3n) is 4.83. The molecule has 3 rings (SSSR count). The largest absolute Gasteiger partial charge is 0.398 e. The molecule has 0 bridgehead atoms. The maximum absolute atomic E-state index is 9.83. The van der Waals surface area contributed by atoms with Gasteiger partial charge in [0.15, 0.2) is 5.41 Å². The molecule has 0 aliphatic heterocycles. The van der Waals surface area contributed by atoms with Crippen molar-refractivity contribution in [2.24, 2.45) is 17.1 Å². The van der Waals surface area contributed by atoms with Gasteiger partial charge in [-0.3, -0.25) is 4.98 Å². The smallest absolute Gasteiger partial charge is 0.187 e. The predicted molar refractivity (Wildman–Crippen MR) is 82.9 cm³/mol. The van der Waals surface area contributed by atoms with E-state index in [9.17, 15) is 15.8 Å². The number of pyridine rings is 1. The topological polar surface area (TPSA) is 110 Å². The van der Waals surface area contributed by atoms with Gasteiger partial charge in [-0.1, -0.05) is 12.1 Å². The number of rotatable bonds is 1. The molecular weight excluding hydrogens is 286 g/mol. The molecule has 2 aliphatic carbocycles. The highest BCUT2D eigenvalue weighted by Gasteiger charge is 2.54. The Morgan fingerprint density at radius 1 is 1.26 bits per heavy atom. The molecule has 1 aromatic rings. The minimum Gasteiger partial charge on any atom is -0.398 e. The first-order chi connectivity index (χ1) is 11.2. The molecule has 0 unspecified atom stereocenters. The molecule has 112 valence electrons. The highest BCUT2D eigenvalue weighted by atomic mass is 14.7. The van der Waals surface area contributed by atoms with E-state index in [1.54, 1.807) is 18.5 Å². The summed E-state index contributed by atoms with van der Waals surface area (Å²) in [5.41, 5.74) is 6.70. The number of nitrogens with zero attached hydrogens (tertiary/aromatic N) is 4. The molecule has 2 N–H and O–H groups in total. The molecule has 1 heterocycles. The van der Waals surface area contributed by atoms with Crippen LogP contribution in [0.5, 0.6) is 0 Å². The van der Waals surface area contributed by atoms with E-state index < -0.39 is 11.3 Å². The van der Waals surface area contributed by atoms with E-state index in [0.29, 0.717) is 5.70 Å². The highest BCUT2D eigenvalue weighted by Crippen LogP contribution is 2.55. The fourth-order valence-electron chi connectivity index (χ4n) is 3.84. The Morgan fingerprint density at radius 2 is 2.04 bits per heavy atom. The van der Waals surface area contributed by atoms with Gasteiger partial charge < -0.3 is 5.73 Å². The van der Waals surface area contributed by atoms with Crippen LogP contribution in [0.15, 0.2) is 47.4 Å². The van der Waals surface area contributed by atoms with E-state index in [1.807, 2.05) is 18.2 Å². The van der Waals surface area contributed by atoms with Crippen LogP contribution in [0.1, 0.15) is 30.7 Å². The van der Waals surface area contributed by atoms with Crippen LogP contribution in [-0.4, -0.2) is 4.98 Å². The third-order valence-corrected chi connectivity index (χ3v) is 4.83. The average Bonchev–Trinajstić information content (AvgIpc) is 2.62. The van der Waals surface area contributed by atoms with Crippen LogP contribution in [0, 0.1) is 45.3 Å². The number of allylic oxidation sites excluding steroid dienone is 3. The quantitative estimate of drug-likeness (QED) is 0.857. The Kier molecular flexibility index (Phi) is 3.61. The van der Waals surface area contributed by atoms with E-state index in [1.165, 1.54) is 0 Å². The van der Waals surface area contributed by atoms with Gasteiger partial charge in [-0.05, 0) is 42.4 Å². The minimum absolute atomic E-state index is 0.0376. The minimum atomic E-state index is -1.57. The summed E-state index contributed by atoms with van der Waals surface area (Å²) in [7, 11) is 0. The van der Waals surface area contributed by atoms with Gasteiger partial charge in [-0.2, -0.15) is 15.8 Å². The lowest BCUT2D eigenvalue weighted by Gasteiger charge is -2.43. The number of hydrogen-bond donors (Lipinski definition) is 1. The lowest BCUT2D eigenvalue weighted by Crippen LogP contribution is -2.41. The van der Waals surface area contributed by atoms with Crippen LogP contribution in [-0.2, 0) is 0 Å². The second-order valence-electron chi connectivity index (χ2n) is 5.89. The van der Waals surface area contributed by atoms with Gasteiger partial charge in [0.25, 0.3) is 0 Å². The van der Waals surface area contributed by atoms with Crippen LogP contribution < -0.4 is 5.73 Å². The van der Waals surface area contributed by atoms with Gasteiger partial charge in [0.05, 0.1) is 29.5 Å². The van der Waals surface area contributed by atoms with Crippen LogP contribution in [0.25, 0.3) is 0 Å². The van der Waals surface area contributed by atoms with E-state index in [-0.39, 0.29) is 11.5 Å². The van der Waals surface area contributed by atoms with Crippen molar-refractivity contribution >= 4 is 0 Å². The summed E-state index contributed by atoms with van der Waals surface area (Å²) >= 11 is 0. The van der Waals surface area contributed by atoms with Crippen molar-refractivity contribution in [2.75, 3.05) is 0 Å². The summed E-state index contributed by atoms with van der Waals surface area (Å²) in [5, 5.41) is 29.2. The van der Waals surface area contributed by atoms with Gasteiger partial charge in [0.2, 0.25) is 0 Å². The first kappa shape index (κ1) is 14.8. The van der Waals surface area contributed by atoms with Crippen LogP contribution in [0.4, 0.5) is 0 Å². The molecule has 5 heteroatoms. The predicted octanol–water partition coefficient (Wildman–Crippen LogP) is 2.68. The van der Waals surface area contributed by atoms with Crippen molar-refractivity contribution in [2.45, 2.75) is 25.2 Å². The second-order valence-corrected chi connectivity index (χ2v) is 5.89. The summed E-state index contributed by atoms with van der Waals surface area (Å²) in [4.78, 5) is 4.13. The number of nitrogens with two attached hydrogens (primary N) is 1. The molecule has 0 aromatic carbocycles. The standard InChI is InChI=1S/C18H15N5/c19-8-15-17(22)14-6-2-1-5-13(14)16(18(15,10-20)11-21)12-4-3-7-23-9-12/h3-4,6-7,9,13,16H,1-2,5,22H2/t13-,16-/m0/s1. The summed E-state index contributed by atoms with van der Waals surface area (Å²) in [6.07, 6.45) is 8.10. The highest BCUT2D eigenvalue weighted by molar-refractivity contribution is 5.58. The van der Waals surface area contributed by atoms with Crippen molar-refractivity contribution in [3.63, 3.8) is 0 Å². The van der Waals surface area contributed by atoms with E-state index in [2.05, 4.69) is 17.1 Å². The maximum Gasteiger partial charge on any atom is 0.187 e. The molecule has 0 saturated carbocycles. The molecule has 0 radical (unpaired) electrons. The molecular formula is C18H15N5. The van der Waals surface area contributed by atoms with Crippen molar-refractivity contribution < 1.29 is 0 Å². The fourth-order valence-corrected chi connectivity index (χ4v) is 3.84. The maximum atomic E-state index is 9.83. The summed E-state index contributed by atoms with van der Waals surface area (Å²) in [5.74, 6) is -0.468. The van der Waals surface area contributed by atoms with Gasteiger partial charge in [-0.15, -0.1) is 0 Å². The van der Waals surface area contributed by atoms with Gasteiger partial charge in [0.1, 0.15) is 0 Å². The van der Waals surface area contributed by atoms with Crippen LogP contribution >= 0.6 is 0 Å². The van der Waals surface area contributed by atoms with Crippen LogP contribution in [0.2, 0.25) is 0 Å². The molecule has 0 amide bonds. The molecule has 2 aliphatic rings. The molecule has 0 saturated heterocycles. The van der Waals surface area contributed by atoms with E-state index in [4.69, 9.17) is 5.73 Å². The molecule has 2 atom stereocenters. The van der Waals surface area contributed by atoms with Crippen molar-refractivity contribution in [3.8, 4) is 18.2 Å². The SMILES string of the molecule is N#CC1=C(N)C2=CCCC[C@@H]2[C@H](c2cccnc2)C1(C#N)C#N. The third kappa shape index (κ3) is 2.00. The number of fused-ring (bicyclic) bond motifs is 1. The number of nitriles is 3. The lowest BCUT2D eigenvalue weighted by atomic mass is 9.56. The Bertz CT molecular complexity index is 800. The Labute approximate surface area is 135 Å². The zero-order chi connectivity index (χ0) is 16.4.